The van der Waals surface area contributed by atoms with Gasteiger partial charge in [-0.1, -0.05) is 194 Å². The van der Waals surface area contributed by atoms with Gasteiger partial charge >= 0.3 is 6.09 Å². The first kappa shape index (κ1) is 37.3. The van der Waals surface area contributed by atoms with E-state index >= 15 is 0 Å². The number of amides is 1. The second kappa shape index (κ2) is 23.2. The fourth-order valence-corrected chi connectivity index (χ4v) is 6.12. The predicted molar refractivity (Wildman–Crippen MR) is 190 cm³/mol. The third kappa shape index (κ3) is 13.7. The minimum absolute atomic E-state index is 0.00884. The number of benzene rings is 3. The van der Waals surface area contributed by atoms with Gasteiger partial charge in [0.05, 0.1) is 6.61 Å². The van der Waals surface area contributed by atoms with Gasteiger partial charge in [-0.3, -0.25) is 0 Å². The summed E-state index contributed by atoms with van der Waals surface area (Å²) in [5, 5.41) is 13.6. The topological polar surface area (TPSA) is 67.8 Å². The highest BCUT2D eigenvalue weighted by atomic mass is 16.6. The number of aliphatic hydroxyl groups excluding tert-OH is 1. The molecule has 0 aliphatic rings. The van der Waals surface area contributed by atoms with E-state index in [4.69, 9.17) is 9.47 Å². The molecular weight excluding hydrogens is 570 g/mol. The molecule has 0 bridgehead atoms. The predicted octanol–water partition coefficient (Wildman–Crippen LogP) is 10.3. The number of alkyl carbamates (subject to hydrolysis) is 1. The first-order chi connectivity index (χ1) is 22.7. The lowest BCUT2D eigenvalue weighted by Crippen LogP contribution is -2.37. The van der Waals surface area contributed by atoms with Gasteiger partial charge in [-0.25, -0.2) is 4.79 Å². The van der Waals surface area contributed by atoms with Gasteiger partial charge in [0.25, 0.3) is 0 Å². The summed E-state index contributed by atoms with van der Waals surface area (Å²) >= 11 is 0. The lowest BCUT2D eigenvalue weighted by Gasteiger charge is -2.36. The number of rotatable bonds is 25. The molecule has 1 atom stereocenters. The van der Waals surface area contributed by atoms with Gasteiger partial charge in [0, 0.05) is 6.54 Å². The molecule has 0 fully saturated rings. The van der Waals surface area contributed by atoms with Crippen LogP contribution < -0.4 is 5.32 Å². The van der Waals surface area contributed by atoms with Crippen LogP contribution in [0.3, 0.4) is 0 Å². The van der Waals surface area contributed by atoms with E-state index < -0.39 is 17.8 Å². The summed E-state index contributed by atoms with van der Waals surface area (Å²) < 4.78 is 12.0. The third-order valence-electron chi connectivity index (χ3n) is 8.74. The van der Waals surface area contributed by atoms with Crippen LogP contribution in [0.15, 0.2) is 91.0 Å². The Balaban J connectivity index is 1.29. The zero-order chi connectivity index (χ0) is 32.5. The molecule has 1 unspecified atom stereocenters. The van der Waals surface area contributed by atoms with E-state index in [1.54, 1.807) is 0 Å². The highest BCUT2D eigenvalue weighted by Crippen LogP contribution is 2.40. The van der Waals surface area contributed by atoms with E-state index in [-0.39, 0.29) is 13.2 Å². The van der Waals surface area contributed by atoms with Crippen molar-refractivity contribution in [3.8, 4) is 0 Å². The first-order valence-corrected chi connectivity index (χ1v) is 18.1. The molecular formula is C41H59NO4. The molecule has 5 heteroatoms. The van der Waals surface area contributed by atoms with E-state index in [0.29, 0.717) is 6.54 Å². The number of hydrogen-bond acceptors (Lipinski definition) is 4. The molecule has 0 saturated heterocycles. The molecule has 0 radical (unpaired) electrons. The van der Waals surface area contributed by atoms with Crippen molar-refractivity contribution in [2.75, 3.05) is 19.8 Å². The summed E-state index contributed by atoms with van der Waals surface area (Å²) in [6.45, 7) is 2.71. The molecule has 0 aliphatic heterocycles. The molecule has 0 aromatic heterocycles. The van der Waals surface area contributed by atoms with Crippen LogP contribution in [0.1, 0.15) is 126 Å². The van der Waals surface area contributed by atoms with Gasteiger partial charge in [-0.15, -0.1) is 0 Å². The Bertz CT molecular complexity index is 1060. The number of aliphatic hydroxyl groups is 1. The van der Waals surface area contributed by atoms with Gasteiger partial charge < -0.3 is 19.9 Å². The Hall–Kier alpha value is -3.15. The second-order valence-electron chi connectivity index (χ2n) is 12.6. The van der Waals surface area contributed by atoms with Gasteiger partial charge in [-0.05, 0) is 23.1 Å². The summed E-state index contributed by atoms with van der Waals surface area (Å²) in [5.41, 5.74) is 1.94. The van der Waals surface area contributed by atoms with Gasteiger partial charge in [0.15, 0.2) is 0 Å². The molecule has 0 aliphatic carbocycles. The molecule has 0 spiro atoms. The zero-order valence-corrected chi connectivity index (χ0v) is 28.3. The highest BCUT2D eigenvalue weighted by Gasteiger charge is 2.38. The quantitative estimate of drug-likeness (QED) is 0.0723. The van der Waals surface area contributed by atoms with Crippen molar-refractivity contribution >= 4 is 6.09 Å². The number of carbonyl (C=O) groups excluding carboxylic acids is 1. The molecule has 252 valence electrons. The fourth-order valence-electron chi connectivity index (χ4n) is 6.12. The monoisotopic (exact) mass is 629 g/mol. The Morgan fingerprint density at radius 2 is 0.957 bits per heavy atom. The molecule has 0 heterocycles. The number of ether oxygens (including phenoxy) is 2. The maximum atomic E-state index is 12.3. The fraction of sp³-hybridized carbons (Fsp3) is 0.537. The molecule has 1 amide bonds. The largest absolute Gasteiger partial charge is 0.447 e. The standard InChI is InChI=1S/C41H59NO4/c1-2-3-4-5-6-7-8-9-10-11-12-13-14-15-16-26-33-42-40(44)45-34-39(43)35-46-41(36-27-20-17-21-28-36,37-29-22-18-23-30-37)38-31-24-19-25-32-38/h17-25,27-32,39,43H,2-16,26,33-35H2,1H3,(H,42,44). The normalized spacial score (nSPS) is 12.1. The van der Waals surface area contributed by atoms with Crippen molar-refractivity contribution in [3.05, 3.63) is 108 Å². The average Bonchev–Trinajstić information content (AvgIpc) is 3.10. The SMILES string of the molecule is CCCCCCCCCCCCCCCCCCNC(=O)OCC(O)COC(c1ccccc1)(c1ccccc1)c1ccccc1. The summed E-state index contributed by atoms with van der Waals surface area (Å²) in [7, 11) is 0. The van der Waals surface area contributed by atoms with Crippen LogP contribution in [0, 0.1) is 0 Å². The van der Waals surface area contributed by atoms with Crippen LogP contribution in [0.4, 0.5) is 4.79 Å². The van der Waals surface area contributed by atoms with Gasteiger partial charge in [-0.2, -0.15) is 0 Å². The van der Waals surface area contributed by atoms with Crippen LogP contribution >= 0.6 is 0 Å². The van der Waals surface area contributed by atoms with Crippen molar-refractivity contribution in [1.82, 2.24) is 5.32 Å². The average molecular weight is 630 g/mol. The molecule has 5 nitrogen and oxygen atoms in total. The van der Waals surface area contributed by atoms with Gasteiger partial charge in [0.2, 0.25) is 0 Å². The highest BCUT2D eigenvalue weighted by molar-refractivity contribution is 5.67. The number of carbonyl (C=O) groups is 1. The maximum Gasteiger partial charge on any atom is 0.407 e. The van der Waals surface area contributed by atoms with Crippen LogP contribution in [-0.4, -0.2) is 37.1 Å². The van der Waals surface area contributed by atoms with E-state index in [2.05, 4.69) is 12.2 Å². The van der Waals surface area contributed by atoms with Crippen LogP contribution in [0.2, 0.25) is 0 Å². The van der Waals surface area contributed by atoms with Crippen LogP contribution in [-0.2, 0) is 15.1 Å². The minimum atomic E-state index is -0.975. The van der Waals surface area contributed by atoms with E-state index in [1.165, 1.54) is 89.9 Å². The molecule has 46 heavy (non-hydrogen) atoms. The first-order valence-electron chi connectivity index (χ1n) is 18.1. The van der Waals surface area contributed by atoms with E-state index in [9.17, 15) is 9.90 Å². The van der Waals surface area contributed by atoms with Crippen LogP contribution in [0.25, 0.3) is 0 Å². The van der Waals surface area contributed by atoms with E-state index in [1.807, 2.05) is 91.0 Å². The molecule has 3 rings (SSSR count). The lowest BCUT2D eigenvalue weighted by atomic mass is 9.80. The maximum absolute atomic E-state index is 12.3. The van der Waals surface area contributed by atoms with Crippen LogP contribution in [0.5, 0.6) is 0 Å². The van der Waals surface area contributed by atoms with Crippen molar-refractivity contribution < 1.29 is 19.4 Å². The Kier molecular flexibility index (Phi) is 18.8. The number of unbranched alkanes of at least 4 members (excludes halogenated alkanes) is 15. The van der Waals surface area contributed by atoms with Gasteiger partial charge in [0.1, 0.15) is 18.3 Å². The molecule has 3 aromatic rings. The number of hydrogen-bond donors (Lipinski definition) is 2. The Morgan fingerprint density at radius 1 is 0.587 bits per heavy atom. The summed E-state index contributed by atoms with van der Waals surface area (Å²) in [5.74, 6) is 0. The summed E-state index contributed by atoms with van der Waals surface area (Å²) in [6.07, 6.45) is 19.7. The second-order valence-corrected chi connectivity index (χ2v) is 12.6. The Labute approximate surface area is 279 Å². The number of nitrogens with one attached hydrogen (secondary N) is 1. The smallest absolute Gasteiger partial charge is 0.407 e. The molecule has 2 N–H and O–H groups in total. The lowest BCUT2D eigenvalue weighted by molar-refractivity contribution is -0.0541. The third-order valence-corrected chi connectivity index (χ3v) is 8.74. The zero-order valence-electron chi connectivity index (χ0n) is 28.3. The molecule has 0 saturated carbocycles. The summed E-state index contributed by atoms with van der Waals surface area (Å²) in [4.78, 5) is 12.3. The summed E-state index contributed by atoms with van der Waals surface area (Å²) in [6, 6.07) is 30.1. The van der Waals surface area contributed by atoms with Crippen molar-refractivity contribution in [2.45, 2.75) is 121 Å². The van der Waals surface area contributed by atoms with E-state index in [0.717, 1.165) is 29.5 Å². The van der Waals surface area contributed by atoms with Crippen molar-refractivity contribution in [2.24, 2.45) is 0 Å². The Morgan fingerprint density at radius 3 is 1.35 bits per heavy atom. The van der Waals surface area contributed by atoms with Crippen molar-refractivity contribution in [3.63, 3.8) is 0 Å². The van der Waals surface area contributed by atoms with Crippen molar-refractivity contribution in [1.29, 1.82) is 0 Å². The minimum Gasteiger partial charge on any atom is -0.447 e. The molecule has 3 aromatic carbocycles.